The fourth-order valence-electron chi connectivity index (χ4n) is 2.87. The molecule has 2 heterocycles. The Morgan fingerprint density at radius 2 is 2.10 bits per heavy atom. The van der Waals surface area contributed by atoms with Gasteiger partial charge in [-0.3, -0.25) is 0 Å². The summed E-state index contributed by atoms with van der Waals surface area (Å²) in [5.74, 6) is 0.105. The molecule has 5 heteroatoms. The van der Waals surface area contributed by atoms with E-state index < -0.39 is 15.1 Å². The first-order chi connectivity index (χ1) is 10.1. The molecule has 0 radical (unpaired) electrons. The van der Waals surface area contributed by atoms with Crippen LogP contribution in [0.25, 0.3) is 5.69 Å². The van der Waals surface area contributed by atoms with Crippen LogP contribution >= 0.6 is 0 Å². The summed E-state index contributed by atoms with van der Waals surface area (Å²) in [5.41, 5.74) is 2.58. The minimum absolute atomic E-state index is 0.105. The molecule has 0 amide bonds. The van der Waals surface area contributed by atoms with Crippen LogP contribution in [0.3, 0.4) is 0 Å². The van der Waals surface area contributed by atoms with Gasteiger partial charge in [-0.05, 0) is 31.4 Å². The number of nitrogens with zero attached hydrogens (tertiary/aromatic N) is 2. The number of fused-ring (bicyclic) bond motifs is 1. The van der Waals surface area contributed by atoms with Crippen LogP contribution in [-0.2, 0) is 15.6 Å². The Morgan fingerprint density at radius 3 is 2.81 bits per heavy atom. The third kappa shape index (κ3) is 2.53. The summed E-state index contributed by atoms with van der Waals surface area (Å²) in [5, 5.41) is 3.94. The highest BCUT2D eigenvalue weighted by Crippen LogP contribution is 2.40. The third-order valence-corrected chi connectivity index (χ3v) is 5.90. The van der Waals surface area contributed by atoms with E-state index in [4.69, 9.17) is 0 Å². The van der Waals surface area contributed by atoms with Crippen LogP contribution in [0.2, 0.25) is 0 Å². The lowest BCUT2D eigenvalue weighted by Crippen LogP contribution is -2.12. The molecule has 0 bridgehead atoms. The highest BCUT2D eigenvalue weighted by atomic mass is 32.2. The fraction of sp³-hybridized carbons (Fsp3) is 0.312. The van der Waals surface area contributed by atoms with Crippen molar-refractivity contribution in [2.75, 3.05) is 0 Å². The third-order valence-electron chi connectivity index (χ3n) is 3.86. The Labute approximate surface area is 125 Å². The lowest BCUT2D eigenvalue weighted by atomic mass is 10.1. The van der Waals surface area contributed by atoms with Gasteiger partial charge in [0.25, 0.3) is 0 Å². The normalized spacial score (nSPS) is 19.3. The molecular weight excluding hydrogens is 284 g/mol. The van der Waals surface area contributed by atoms with E-state index in [1.54, 1.807) is 10.9 Å². The molecule has 0 aliphatic carbocycles. The van der Waals surface area contributed by atoms with Crippen molar-refractivity contribution in [2.45, 2.75) is 30.3 Å². The van der Waals surface area contributed by atoms with Gasteiger partial charge < -0.3 is 0 Å². The number of aromatic nitrogens is 2. The maximum absolute atomic E-state index is 12.4. The summed E-state index contributed by atoms with van der Waals surface area (Å²) < 4.78 is 26.6. The van der Waals surface area contributed by atoms with Crippen LogP contribution in [0.5, 0.6) is 0 Å². The molecule has 0 saturated carbocycles. The van der Waals surface area contributed by atoms with Crippen molar-refractivity contribution in [2.24, 2.45) is 0 Å². The van der Waals surface area contributed by atoms with E-state index in [0.717, 1.165) is 29.8 Å². The highest BCUT2D eigenvalue weighted by Gasteiger charge is 2.39. The average molecular weight is 302 g/mol. The number of allylic oxidation sites excluding steroid dienone is 1. The van der Waals surface area contributed by atoms with Crippen molar-refractivity contribution in [3.63, 3.8) is 0 Å². The van der Waals surface area contributed by atoms with Gasteiger partial charge in [0.1, 0.15) is 5.25 Å². The summed E-state index contributed by atoms with van der Waals surface area (Å²) in [6.07, 6.45) is 5.80. The zero-order valence-corrected chi connectivity index (χ0v) is 12.6. The number of sulfone groups is 1. The molecule has 4 nitrogen and oxygen atoms in total. The average Bonchev–Trinajstić information content (AvgIpc) is 2.97. The fourth-order valence-corrected chi connectivity index (χ4v) is 4.85. The minimum atomic E-state index is -3.11. The zero-order valence-electron chi connectivity index (χ0n) is 11.8. The first-order valence-corrected chi connectivity index (χ1v) is 8.79. The predicted octanol–water partition coefficient (Wildman–Crippen LogP) is 3.20. The van der Waals surface area contributed by atoms with Gasteiger partial charge >= 0.3 is 0 Å². The number of hydrogen-bond acceptors (Lipinski definition) is 3. The molecule has 1 unspecified atom stereocenters. The van der Waals surface area contributed by atoms with Crippen molar-refractivity contribution in [1.82, 2.24) is 9.78 Å². The van der Waals surface area contributed by atoms with Crippen LogP contribution in [0.1, 0.15) is 35.8 Å². The van der Waals surface area contributed by atoms with Gasteiger partial charge in [0.15, 0.2) is 9.84 Å². The lowest BCUT2D eigenvalue weighted by Gasteiger charge is -2.13. The van der Waals surface area contributed by atoms with Gasteiger partial charge in [0.05, 0.1) is 23.3 Å². The number of rotatable bonds is 5. The topological polar surface area (TPSA) is 52.0 Å². The smallest absolute Gasteiger partial charge is 0.163 e. The van der Waals surface area contributed by atoms with Crippen LogP contribution in [-0.4, -0.2) is 18.2 Å². The Bertz CT molecular complexity index is 748. The molecule has 1 aromatic heterocycles. The molecular formula is C16H18N2O2S. The van der Waals surface area contributed by atoms with Crippen LogP contribution < -0.4 is 0 Å². The van der Waals surface area contributed by atoms with E-state index in [2.05, 4.69) is 11.7 Å². The van der Waals surface area contributed by atoms with E-state index in [1.165, 1.54) is 0 Å². The summed E-state index contributed by atoms with van der Waals surface area (Å²) in [6.45, 7) is 3.69. The van der Waals surface area contributed by atoms with E-state index in [1.807, 2.05) is 36.4 Å². The molecule has 0 spiro atoms. The number of unbranched alkanes of at least 4 members (excludes halogenated alkanes) is 1. The summed E-state index contributed by atoms with van der Waals surface area (Å²) >= 11 is 0. The number of benzene rings is 1. The Hall–Kier alpha value is -1.88. The molecule has 2 aromatic rings. The second-order valence-electron chi connectivity index (χ2n) is 5.32. The van der Waals surface area contributed by atoms with Gasteiger partial charge in [-0.25, -0.2) is 13.1 Å². The van der Waals surface area contributed by atoms with Gasteiger partial charge in [-0.15, -0.1) is 6.58 Å². The van der Waals surface area contributed by atoms with Gasteiger partial charge in [0, 0.05) is 5.56 Å². The Balaban J connectivity index is 2.01. The molecule has 21 heavy (non-hydrogen) atoms. The molecule has 3 rings (SSSR count). The zero-order chi connectivity index (χ0) is 14.9. The summed E-state index contributed by atoms with van der Waals surface area (Å²) in [7, 11) is -3.11. The second kappa shape index (κ2) is 5.48. The SMILES string of the molecule is C=CCCCC1c2c(cnn2-c2ccccc2)CS1(=O)=O. The van der Waals surface area contributed by atoms with Crippen molar-refractivity contribution in [3.05, 3.63) is 60.4 Å². The first-order valence-electron chi connectivity index (χ1n) is 7.08. The van der Waals surface area contributed by atoms with E-state index in [-0.39, 0.29) is 5.75 Å². The molecule has 1 aromatic carbocycles. The molecule has 0 saturated heterocycles. The Morgan fingerprint density at radius 1 is 1.33 bits per heavy atom. The van der Waals surface area contributed by atoms with Crippen molar-refractivity contribution >= 4 is 9.84 Å². The second-order valence-corrected chi connectivity index (χ2v) is 7.50. The molecule has 1 atom stereocenters. The van der Waals surface area contributed by atoms with Gasteiger partial charge in [-0.1, -0.05) is 24.3 Å². The number of para-hydroxylation sites is 1. The summed E-state index contributed by atoms with van der Waals surface area (Å²) in [6, 6.07) is 9.68. The molecule has 110 valence electrons. The molecule has 0 fully saturated rings. The number of hydrogen-bond donors (Lipinski definition) is 0. The van der Waals surface area contributed by atoms with Crippen LogP contribution in [0, 0.1) is 0 Å². The lowest BCUT2D eigenvalue weighted by molar-refractivity contribution is 0.570. The van der Waals surface area contributed by atoms with Crippen molar-refractivity contribution in [1.29, 1.82) is 0 Å². The molecule has 0 N–H and O–H groups in total. The van der Waals surface area contributed by atoms with E-state index in [0.29, 0.717) is 6.42 Å². The predicted molar refractivity (Wildman–Crippen MR) is 83.0 cm³/mol. The molecule has 1 aliphatic heterocycles. The van der Waals surface area contributed by atoms with Crippen LogP contribution in [0.15, 0.2) is 49.2 Å². The minimum Gasteiger partial charge on any atom is -0.236 e. The van der Waals surface area contributed by atoms with E-state index in [9.17, 15) is 8.42 Å². The van der Waals surface area contributed by atoms with Crippen molar-refractivity contribution in [3.8, 4) is 5.69 Å². The standard InChI is InChI=1S/C16H18N2O2S/c1-2-3-5-10-15-16-13(12-21(15,19)20)11-17-18(16)14-8-6-4-7-9-14/h2,4,6-9,11,15H,1,3,5,10,12H2. The highest BCUT2D eigenvalue weighted by molar-refractivity contribution is 7.91. The quantitative estimate of drug-likeness (QED) is 0.629. The van der Waals surface area contributed by atoms with Crippen LogP contribution in [0.4, 0.5) is 0 Å². The monoisotopic (exact) mass is 302 g/mol. The van der Waals surface area contributed by atoms with Gasteiger partial charge in [-0.2, -0.15) is 5.10 Å². The van der Waals surface area contributed by atoms with Crippen molar-refractivity contribution < 1.29 is 8.42 Å². The largest absolute Gasteiger partial charge is 0.236 e. The molecule has 1 aliphatic rings. The van der Waals surface area contributed by atoms with Gasteiger partial charge in [0.2, 0.25) is 0 Å². The first kappa shape index (κ1) is 14.1. The van der Waals surface area contributed by atoms with E-state index >= 15 is 0 Å². The Kier molecular flexibility index (Phi) is 3.68. The summed E-state index contributed by atoms with van der Waals surface area (Å²) in [4.78, 5) is 0. The maximum Gasteiger partial charge on any atom is 0.163 e. The maximum atomic E-state index is 12.4.